The number of hydrogen-bond donors (Lipinski definition) is 0. The average Bonchev–Trinajstić information content (AvgIpc) is 2.76. The second-order valence-electron chi connectivity index (χ2n) is 3.38. The van der Waals surface area contributed by atoms with Crippen LogP contribution in [0.5, 0.6) is 0 Å². The van der Waals surface area contributed by atoms with Crippen molar-refractivity contribution in [2.24, 2.45) is 0 Å². The summed E-state index contributed by atoms with van der Waals surface area (Å²) < 4.78 is 6.82. The quantitative estimate of drug-likeness (QED) is 0.710. The van der Waals surface area contributed by atoms with Crippen molar-refractivity contribution >= 4 is 5.97 Å². The predicted molar refractivity (Wildman–Crippen MR) is 57.6 cm³/mol. The molecule has 0 amide bonds. The van der Waals surface area contributed by atoms with Gasteiger partial charge in [0.2, 0.25) is 0 Å². The lowest BCUT2D eigenvalue weighted by Gasteiger charge is -2.11. The molecule has 0 bridgehead atoms. The molecule has 0 radical (unpaired) electrons. The van der Waals surface area contributed by atoms with Crippen LogP contribution in [0.15, 0.2) is 12.4 Å². The lowest BCUT2D eigenvalue weighted by molar-refractivity contribution is 0.0303. The van der Waals surface area contributed by atoms with Crippen LogP contribution in [0, 0.1) is 11.3 Å². The number of nitrogens with zero attached hydrogens (tertiary/aromatic N) is 3. The van der Waals surface area contributed by atoms with E-state index in [1.165, 1.54) is 6.20 Å². The molecule has 0 N–H and O–H groups in total. The van der Waals surface area contributed by atoms with Crippen molar-refractivity contribution in [3.05, 3.63) is 18.0 Å². The van der Waals surface area contributed by atoms with Crippen LogP contribution in [0.1, 0.15) is 37.0 Å². The minimum Gasteiger partial charge on any atom is -0.458 e. The lowest BCUT2D eigenvalue weighted by Crippen LogP contribution is -2.16. The summed E-state index contributed by atoms with van der Waals surface area (Å²) in [5.74, 6) is -0.415. The third-order valence-electron chi connectivity index (χ3n) is 2.24. The number of carbonyl (C=O) groups is 1. The molecular weight excluding hydrogens is 206 g/mol. The Morgan fingerprint density at radius 1 is 1.69 bits per heavy atom. The van der Waals surface area contributed by atoms with E-state index in [-0.39, 0.29) is 12.5 Å². The van der Waals surface area contributed by atoms with Crippen LogP contribution in [0.25, 0.3) is 0 Å². The van der Waals surface area contributed by atoms with Gasteiger partial charge in [0.05, 0.1) is 24.3 Å². The molecule has 5 heteroatoms. The van der Waals surface area contributed by atoms with Gasteiger partial charge in [-0.15, -0.1) is 0 Å². The van der Waals surface area contributed by atoms with Gasteiger partial charge in [-0.25, -0.2) is 4.79 Å². The zero-order valence-electron chi connectivity index (χ0n) is 9.51. The van der Waals surface area contributed by atoms with Crippen LogP contribution >= 0.6 is 0 Å². The molecule has 1 aromatic rings. The molecule has 0 spiro atoms. The highest BCUT2D eigenvalue weighted by atomic mass is 16.5. The number of nitriles is 1. The van der Waals surface area contributed by atoms with Gasteiger partial charge in [0, 0.05) is 12.7 Å². The Hall–Kier alpha value is -1.83. The molecule has 5 nitrogen and oxygen atoms in total. The Morgan fingerprint density at radius 3 is 2.94 bits per heavy atom. The molecule has 0 aromatic carbocycles. The zero-order valence-corrected chi connectivity index (χ0v) is 9.51. The molecular formula is C11H15N3O2. The second-order valence-corrected chi connectivity index (χ2v) is 3.38. The molecule has 0 saturated heterocycles. The van der Waals surface area contributed by atoms with Gasteiger partial charge in [0.25, 0.3) is 0 Å². The number of ether oxygens (including phenoxy) is 1. The average molecular weight is 221 g/mol. The first kappa shape index (κ1) is 12.2. The molecule has 16 heavy (non-hydrogen) atoms. The lowest BCUT2D eigenvalue weighted by atomic mass is 10.2. The smallest absolute Gasteiger partial charge is 0.341 e. The summed E-state index contributed by atoms with van der Waals surface area (Å²) in [7, 11) is 0. The maximum absolute atomic E-state index is 11.6. The van der Waals surface area contributed by atoms with E-state index in [1.807, 2.05) is 19.9 Å². The second kappa shape index (κ2) is 5.91. The van der Waals surface area contributed by atoms with E-state index >= 15 is 0 Å². The fraction of sp³-hybridized carbons (Fsp3) is 0.545. The fourth-order valence-electron chi connectivity index (χ4n) is 1.23. The van der Waals surface area contributed by atoms with Gasteiger partial charge in [-0.3, -0.25) is 4.68 Å². The monoisotopic (exact) mass is 221 g/mol. The first-order chi connectivity index (χ1) is 7.71. The maximum Gasteiger partial charge on any atom is 0.341 e. The first-order valence-corrected chi connectivity index (χ1v) is 5.31. The summed E-state index contributed by atoms with van der Waals surface area (Å²) in [5.41, 5.74) is 0.429. The molecule has 1 aromatic heterocycles. The van der Waals surface area contributed by atoms with Gasteiger partial charge in [-0.2, -0.15) is 10.4 Å². The van der Waals surface area contributed by atoms with Gasteiger partial charge in [0.1, 0.15) is 6.10 Å². The Bertz CT molecular complexity index is 392. The van der Waals surface area contributed by atoms with Crippen molar-refractivity contribution in [3.63, 3.8) is 0 Å². The van der Waals surface area contributed by atoms with Crippen LogP contribution < -0.4 is 0 Å². The summed E-state index contributed by atoms with van der Waals surface area (Å²) >= 11 is 0. The van der Waals surface area contributed by atoms with E-state index in [9.17, 15) is 4.79 Å². The summed E-state index contributed by atoms with van der Waals surface area (Å²) in [6.45, 7) is 4.53. The molecule has 0 aliphatic heterocycles. The van der Waals surface area contributed by atoms with E-state index in [4.69, 9.17) is 10.00 Å². The highest BCUT2D eigenvalue weighted by molar-refractivity contribution is 5.88. The van der Waals surface area contributed by atoms with Crippen molar-refractivity contribution in [2.75, 3.05) is 0 Å². The number of aryl methyl sites for hydroxylation is 1. The standard InChI is InChI=1S/C11H15N3O2/c1-3-10(5-6-12)16-11(15)9-7-13-14(4-2)8-9/h7-8,10H,3-5H2,1-2H3. The van der Waals surface area contributed by atoms with Gasteiger partial charge >= 0.3 is 5.97 Å². The first-order valence-electron chi connectivity index (χ1n) is 5.31. The summed E-state index contributed by atoms with van der Waals surface area (Å²) in [4.78, 5) is 11.6. The topological polar surface area (TPSA) is 67.9 Å². The van der Waals surface area contributed by atoms with Crippen molar-refractivity contribution in [2.45, 2.75) is 39.3 Å². The molecule has 0 saturated carbocycles. The van der Waals surface area contributed by atoms with Gasteiger partial charge in [-0.05, 0) is 13.3 Å². The summed E-state index contributed by atoms with van der Waals surface area (Å²) in [6, 6.07) is 1.99. The minimum atomic E-state index is -0.415. The van der Waals surface area contributed by atoms with Crippen LogP contribution in [0.3, 0.4) is 0 Å². The Morgan fingerprint density at radius 2 is 2.44 bits per heavy atom. The van der Waals surface area contributed by atoms with Crippen LogP contribution in [-0.2, 0) is 11.3 Å². The van der Waals surface area contributed by atoms with E-state index in [0.29, 0.717) is 18.5 Å². The number of aromatic nitrogens is 2. The third-order valence-corrected chi connectivity index (χ3v) is 2.24. The fourth-order valence-corrected chi connectivity index (χ4v) is 1.23. The van der Waals surface area contributed by atoms with Crippen LogP contribution in [0.2, 0.25) is 0 Å². The largest absolute Gasteiger partial charge is 0.458 e. The molecule has 0 aliphatic carbocycles. The number of rotatable bonds is 5. The van der Waals surface area contributed by atoms with Crippen molar-refractivity contribution in [1.29, 1.82) is 5.26 Å². The molecule has 1 rings (SSSR count). The highest BCUT2D eigenvalue weighted by Gasteiger charge is 2.15. The van der Waals surface area contributed by atoms with Gasteiger partial charge in [0.15, 0.2) is 0 Å². The Balaban J connectivity index is 2.61. The molecule has 1 unspecified atom stereocenters. The van der Waals surface area contributed by atoms with Crippen LogP contribution in [-0.4, -0.2) is 21.9 Å². The number of hydrogen-bond acceptors (Lipinski definition) is 4. The maximum atomic E-state index is 11.6. The third kappa shape index (κ3) is 3.09. The SMILES string of the molecule is CCC(CC#N)OC(=O)c1cnn(CC)c1. The van der Waals surface area contributed by atoms with Gasteiger partial charge < -0.3 is 4.74 Å². The molecule has 0 fully saturated rings. The van der Waals surface area contributed by atoms with E-state index < -0.39 is 5.97 Å². The van der Waals surface area contributed by atoms with Crippen molar-refractivity contribution in [3.8, 4) is 6.07 Å². The summed E-state index contributed by atoms with van der Waals surface area (Å²) in [5, 5.41) is 12.5. The normalized spacial score (nSPS) is 11.8. The minimum absolute atomic E-state index is 0.226. The highest BCUT2D eigenvalue weighted by Crippen LogP contribution is 2.08. The predicted octanol–water partition coefficient (Wildman–Crippen LogP) is 1.75. The molecule has 1 heterocycles. The Kier molecular flexibility index (Phi) is 4.52. The zero-order chi connectivity index (χ0) is 12.0. The van der Waals surface area contributed by atoms with Gasteiger partial charge in [-0.1, -0.05) is 6.92 Å². The van der Waals surface area contributed by atoms with Crippen molar-refractivity contribution < 1.29 is 9.53 Å². The number of carbonyl (C=O) groups excluding carboxylic acids is 1. The van der Waals surface area contributed by atoms with E-state index in [2.05, 4.69) is 5.10 Å². The Labute approximate surface area is 94.6 Å². The van der Waals surface area contributed by atoms with E-state index in [1.54, 1.807) is 10.9 Å². The van der Waals surface area contributed by atoms with Crippen LogP contribution in [0.4, 0.5) is 0 Å². The molecule has 0 aliphatic rings. The molecule has 86 valence electrons. The van der Waals surface area contributed by atoms with E-state index in [0.717, 1.165) is 0 Å². The number of esters is 1. The van der Waals surface area contributed by atoms with Crippen molar-refractivity contribution in [1.82, 2.24) is 9.78 Å². The molecule has 1 atom stereocenters. The summed E-state index contributed by atoms with van der Waals surface area (Å²) in [6.07, 6.45) is 3.65.